The fourth-order valence-corrected chi connectivity index (χ4v) is 3.62. The molecule has 2 N–H and O–H groups in total. The van der Waals surface area contributed by atoms with Gasteiger partial charge in [0.05, 0.1) is 0 Å². The average Bonchev–Trinajstić information content (AvgIpc) is 2.91. The van der Waals surface area contributed by atoms with Crippen molar-refractivity contribution in [1.82, 2.24) is 9.88 Å². The molecule has 0 aliphatic carbocycles. The van der Waals surface area contributed by atoms with Gasteiger partial charge in [0.15, 0.2) is 0 Å². The first-order valence-corrected chi connectivity index (χ1v) is 8.49. The van der Waals surface area contributed by atoms with E-state index in [1.807, 2.05) is 17.9 Å². The largest absolute Gasteiger partial charge is 0.396 e. The predicted molar refractivity (Wildman–Crippen MR) is 92.7 cm³/mol. The number of nitrogens with one attached hydrogen (secondary N) is 1. The number of aromatic amines is 1. The summed E-state index contributed by atoms with van der Waals surface area (Å²) in [4.78, 5) is 18.1. The number of piperidine rings is 1. The summed E-state index contributed by atoms with van der Waals surface area (Å²) in [6.07, 6.45) is 2.73. The highest BCUT2D eigenvalue weighted by molar-refractivity contribution is 6.01. The molecule has 1 fully saturated rings. The van der Waals surface area contributed by atoms with Crippen molar-refractivity contribution in [3.05, 3.63) is 35.0 Å². The Labute approximate surface area is 137 Å². The number of aliphatic hydroxyl groups is 1. The van der Waals surface area contributed by atoms with Crippen LogP contribution in [0.3, 0.4) is 0 Å². The van der Waals surface area contributed by atoms with Crippen LogP contribution in [0.2, 0.25) is 0 Å². The lowest BCUT2D eigenvalue weighted by molar-refractivity contribution is 0.0335. The SMILES string of the molecule is CCC1(CO)CCN(C(=O)c2[nH]c3ccc(C)cc3c2C)CC1. The van der Waals surface area contributed by atoms with E-state index in [4.69, 9.17) is 0 Å². The Bertz CT molecular complexity index is 718. The second-order valence-electron chi connectivity index (χ2n) is 6.98. The van der Waals surface area contributed by atoms with Gasteiger partial charge >= 0.3 is 0 Å². The summed E-state index contributed by atoms with van der Waals surface area (Å²) in [5, 5.41) is 10.8. The van der Waals surface area contributed by atoms with Crippen molar-refractivity contribution in [3.63, 3.8) is 0 Å². The maximum atomic E-state index is 12.9. The third-order valence-corrected chi connectivity index (χ3v) is 5.62. The molecule has 2 heterocycles. The number of aryl methyl sites for hydroxylation is 2. The van der Waals surface area contributed by atoms with Gasteiger partial charge in [0.25, 0.3) is 5.91 Å². The Morgan fingerprint density at radius 2 is 2.00 bits per heavy atom. The monoisotopic (exact) mass is 314 g/mol. The molecule has 2 aromatic rings. The second kappa shape index (κ2) is 6.00. The molecular formula is C19H26N2O2. The lowest BCUT2D eigenvalue weighted by atomic mass is 9.77. The number of aromatic nitrogens is 1. The van der Waals surface area contributed by atoms with E-state index in [9.17, 15) is 9.90 Å². The molecule has 4 heteroatoms. The van der Waals surface area contributed by atoms with Crippen LogP contribution in [-0.4, -0.2) is 40.6 Å². The molecule has 1 aliphatic rings. The van der Waals surface area contributed by atoms with Crippen molar-refractivity contribution in [2.24, 2.45) is 5.41 Å². The van der Waals surface area contributed by atoms with Crippen LogP contribution in [0.15, 0.2) is 18.2 Å². The molecule has 1 aromatic carbocycles. The molecule has 1 saturated heterocycles. The van der Waals surface area contributed by atoms with Crippen LogP contribution in [0.5, 0.6) is 0 Å². The van der Waals surface area contributed by atoms with Gasteiger partial charge < -0.3 is 15.0 Å². The van der Waals surface area contributed by atoms with Gasteiger partial charge in [0.1, 0.15) is 5.69 Å². The number of hydrogen-bond acceptors (Lipinski definition) is 2. The van der Waals surface area contributed by atoms with Crippen molar-refractivity contribution in [2.45, 2.75) is 40.0 Å². The van der Waals surface area contributed by atoms with Crippen LogP contribution in [-0.2, 0) is 0 Å². The Morgan fingerprint density at radius 1 is 1.30 bits per heavy atom. The topological polar surface area (TPSA) is 56.3 Å². The summed E-state index contributed by atoms with van der Waals surface area (Å²) in [7, 11) is 0. The molecule has 0 saturated carbocycles. The summed E-state index contributed by atoms with van der Waals surface area (Å²) in [5.41, 5.74) is 3.96. The maximum Gasteiger partial charge on any atom is 0.270 e. The van der Waals surface area contributed by atoms with Crippen LogP contribution in [0, 0.1) is 19.3 Å². The number of aliphatic hydroxyl groups excluding tert-OH is 1. The van der Waals surface area contributed by atoms with Gasteiger partial charge in [0.2, 0.25) is 0 Å². The lowest BCUT2D eigenvalue weighted by Crippen LogP contribution is -2.44. The van der Waals surface area contributed by atoms with Crippen LogP contribution < -0.4 is 0 Å². The van der Waals surface area contributed by atoms with Crippen molar-refractivity contribution >= 4 is 16.8 Å². The van der Waals surface area contributed by atoms with E-state index in [1.54, 1.807) is 0 Å². The molecule has 0 atom stereocenters. The zero-order chi connectivity index (χ0) is 16.6. The minimum atomic E-state index is 0.00336. The summed E-state index contributed by atoms with van der Waals surface area (Å²) in [5.74, 6) is 0.0824. The minimum Gasteiger partial charge on any atom is -0.396 e. The van der Waals surface area contributed by atoms with E-state index in [0.29, 0.717) is 5.69 Å². The molecule has 0 unspecified atom stereocenters. The van der Waals surface area contributed by atoms with Gasteiger partial charge in [0, 0.05) is 30.6 Å². The number of benzene rings is 1. The number of H-pyrrole nitrogens is 1. The summed E-state index contributed by atoms with van der Waals surface area (Å²) in [6, 6.07) is 6.23. The number of nitrogens with zero attached hydrogens (tertiary/aromatic N) is 1. The van der Waals surface area contributed by atoms with Gasteiger partial charge in [-0.2, -0.15) is 0 Å². The van der Waals surface area contributed by atoms with E-state index < -0.39 is 0 Å². The zero-order valence-electron chi connectivity index (χ0n) is 14.3. The quantitative estimate of drug-likeness (QED) is 0.912. The van der Waals surface area contributed by atoms with Gasteiger partial charge in [-0.05, 0) is 56.2 Å². The lowest BCUT2D eigenvalue weighted by Gasteiger charge is -2.40. The number of hydrogen-bond donors (Lipinski definition) is 2. The van der Waals surface area contributed by atoms with E-state index >= 15 is 0 Å². The third-order valence-electron chi connectivity index (χ3n) is 5.62. The molecule has 4 nitrogen and oxygen atoms in total. The zero-order valence-corrected chi connectivity index (χ0v) is 14.3. The molecule has 1 aromatic heterocycles. The summed E-state index contributed by atoms with van der Waals surface area (Å²) < 4.78 is 0. The van der Waals surface area contributed by atoms with E-state index in [0.717, 1.165) is 48.8 Å². The number of rotatable bonds is 3. The molecule has 1 aliphatic heterocycles. The first kappa shape index (κ1) is 16.1. The maximum absolute atomic E-state index is 12.9. The van der Waals surface area contributed by atoms with Crippen LogP contribution in [0.4, 0.5) is 0 Å². The van der Waals surface area contributed by atoms with Crippen molar-refractivity contribution in [2.75, 3.05) is 19.7 Å². The number of fused-ring (bicyclic) bond motifs is 1. The van der Waals surface area contributed by atoms with E-state index in [1.165, 1.54) is 5.56 Å². The van der Waals surface area contributed by atoms with Crippen LogP contribution in [0.1, 0.15) is 47.8 Å². The van der Waals surface area contributed by atoms with Crippen LogP contribution in [0.25, 0.3) is 10.9 Å². The standard InChI is InChI=1S/C19H26N2O2/c1-4-19(12-22)7-9-21(10-8-19)18(23)17-14(3)15-11-13(2)5-6-16(15)20-17/h5-6,11,20,22H,4,7-10,12H2,1-3H3. The normalized spacial score (nSPS) is 17.7. The second-order valence-corrected chi connectivity index (χ2v) is 6.98. The fraction of sp³-hybridized carbons (Fsp3) is 0.526. The Balaban J connectivity index is 1.83. The van der Waals surface area contributed by atoms with Crippen molar-refractivity contribution in [1.29, 1.82) is 0 Å². The fourth-order valence-electron chi connectivity index (χ4n) is 3.62. The smallest absolute Gasteiger partial charge is 0.270 e. The van der Waals surface area contributed by atoms with Gasteiger partial charge in [-0.3, -0.25) is 4.79 Å². The molecule has 124 valence electrons. The highest BCUT2D eigenvalue weighted by Crippen LogP contribution is 2.35. The number of likely N-dealkylation sites (tertiary alicyclic amines) is 1. The van der Waals surface area contributed by atoms with Gasteiger partial charge in [-0.25, -0.2) is 0 Å². The summed E-state index contributed by atoms with van der Waals surface area (Å²) >= 11 is 0. The third kappa shape index (κ3) is 2.76. The minimum absolute atomic E-state index is 0.00336. The number of carbonyl (C=O) groups is 1. The number of amides is 1. The first-order valence-electron chi connectivity index (χ1n) is 8.49. The summed E-state index contributed by atoms with van der Waals surface area (Å²) in [6.45, 7) is 7.87. The molecule has 23 heavy (non-hydrogen) atoms. The Morgan fingerprint density at radius 3 is 2.61 bits per heavy atom. The van der Waals surface area contributed by atoms with E-state index in [2.05, 4.69) is 31.0 Å². The molecule has 3 rings (SSSR count). The molecule has 0 spiro atoms. The molecule has 1 amide bonds. The molecule has 0 bridgehead atoms. The average molecular weight is 314 g/mol. The number of carbonyl (C=O) groups excluding carboxylic acids is 1. The highest BCUT2D eigenvalue weighted by Gasteiger charge is 2.34. The van der Waals surface area contributed by atoms with Gasteiger partial charge in [-0.15, -0.1) is 0 Å². The Kier molecular flexibility index (Phi) is 4.19. The van der Waals surface area contributed by atoms with Crippen molar-refractivity contribution in [3.8, 4) is 0 Å². The van der Waals surface area contributed by atoms with E-state index in [-0.39, 0.29) is 17.9 Å². The van der Waals surface area contributed by atoms with Crippen molar-refractivity contribution < 1.29 is 9.90 Å². The molecule has 0 radical (unpaired) electrons. The molecular weight excluding hydrogens is 288 g/mol. The highest BCUT2D eigenvalue weighted by atomic mass is 16.3. The van der Waals surface area contributed by atoms with Crippen LogP contribution >= 0.6 is 0 Å². The van der Waals surface area contributed by atoms with Gasteiger partial charge in [-0.1, -0.05) is 18.6 Å². The Hall–Kier alpha value is -1.81. The first-order chi connectivity index (χ1) is 11.0. The predicted octanol–water partition coefficient (Wildman–Crippen LogP) is 3.41.